The van der Waals surface area contributed by atoms with Crippen molar-refractivity contribution < 1.29 is 4.74 Å². The first-order valence-corrected chi connectivity index (χ1v) is 10.7. The zero-order chi connectivity index (χ0) is 19.0. The number of imidazole rings is 1. The molecule has 2 rings (SSSR count). The molecule has 148 valence electrons. The van der Waals surface area contributed by atoms with Gasteiger partial charge in [0.1, 0.15) is 0 Å². The van der Waals surface area contributed by atoms with E-state index in [-0.39, 0.29) is 6.10 Å². The van der Waals surface area contributed by atoms with Gasteiger partial charge in [-0.05, 0) is 12.0 Å². The maximum absolute atomic E-state index is 6.16. The number of nitrogens with zero attached hydrogens (tertiary/aromatic N) is 2. The Morgan fingerprint density at radius 3 is 2.33 bits per heavy atom. The molecule has 3 heteroatoms. The molecule has 0 bridgehead atoms. The van der Waals surface area contributed by atoms with Gasteiger partial charge in [0.2, 0.25) is 0 Å². The molecule has 0 N–H and O–H groups in total. The van der Waals surface area contributed by atoms with Gasteiger partial charge in [0.15, 0.2) is 0 Å². The number of hydrogen-bond donors (Lipinski definition) is 0. The smallest absolute Gasteiger partial charge is 0.0946 e. The fraction of sp³-hybridized carbons (Fsp3) is 0.542. The average Bonchev–Trinajstić information content (AvgIpc) is 3.21. The Morgan fingerprint density at radius 1 is 0.963 bits per heavy atom. The largest absolute Gasteiger partial charge is 0.372 e. The van der Waals surface area contributed by atoms with Crippen LogP contribution in [-0.4, -0.2) is 22.3 Å². The van der Waals surface area contributed by atoms with E-state index < -0.39 is 0 Å². The van der Waals surface area contributed by atoms with Crippen molar-refractivity contribution in [2.24, 2.45) is 0 Å². The number of aromatic nitrogens is 2. The molecule has 0 aliphatic heterocycles. The van der Waals surface area contributed by atoms with Gasteiger partial charge in [-0.25, -0.2) is 4.98 Å². The highest BCUT2D eigenvalue weighted by Crippen LogP contribution is 2.11. The first-order chi connectivity index (χ1) is 13.4. The molecule has 0 aliphatic carbocycles. The number of unbranched alkanes of at least 4 members (excludes halogenated alkanes) is 8. The molecule has 0 saturated heterocycles. The van der Waals surface area contributed by atoms with Gasteiger partial charge < -0.3 is 9.30 Å². The molecule has 0 radical (unpaired) electrons. The fourth-order valence-corrected chi connectivity index (χ4v) is 3.20. The molecule has 1 aromatic heterocycles. The third-order valence-electron chi connectivity index (χ3n) is 4.83. The molecule has 3 nitrogen and oxygen atoms in total. The predicted molar refractivity (Wildman–Crippen MR) is 115 cm³/mol. The normalized spacial score (nSPS) is 12.6. The van der Waals surface area contributed by atoms with Gasteiger partial charge in [-0.15, -0.1) is 0 Å². The number of rotatable bonds is 15. The molecular weight excluding hydrogens is 332 g/mol. The first kappa shape index (κ1) is 21.4. The average molecular weight is 369 g/mol. The Hall–Kier alpha value is -1.87. The zero-order valence-corrected chi connectivity index (χ0v) is 16.9. The van der Waals surface area contributed by atoms with Crippen LogP contribution in [0.4, 0.5) is 0 Å². The lowest BCUT2D eigenvalue weighted by Gasteiger charge is -2.15. The van der Waals surface area contributed by atoms with Crippen molar-refractivity contribution in [2.75, 3.05) is 6.61 Å². The summed E-state index contributed by atoms with van der Waals surface area (Å²) in [7, 11) is 0. The second-order valence-electron chi connectivity index (χ2n) is 7.27. The lowest BCUT2D eigenvalue weighted by atomic mass is 10.1. The van der Waals surface area contributed by atoms with E-state index in [9.17, 15) is 0 Å². The van der Waals surface area contributed by atoms with Crippen molar-refractivity contribution >= 4 is 6.08 Å². The highest BCUT2D eigenvalue weighted by atomic mass is 16.5. The Labute approximate surface area is 165 Å². The van der Waals surface area contributed by atoms with Gasteiger partial charge in [0.25, 0.3) is 0 Å². The molecule has 0 aliphatic rings. The topological polar surface area (TPSA) is 27.1 Å². The van der Waals surface area contributed by atoms with Gasteiger partial charge in [-0.3, -0.25) is 0 Å². The van der Waals surface area contributed by atoms with Gasteiger partial charge >= 0.3 is 0 Å². The van der Waals surface area contributed by atoms with Crippen LogP contribution in [0.15, 0.2) is 55.1 Å². The Bertz CT molecular complexity index is 592. The second kappa shape index (κ2) is 14.2. The molecular formula is C24H36N2O. The van der Waals surface area contributed by atoms with Crippen molar-refractivity contribution in [3.8, 4) is 0 Å². The van der Waals surface area contributed by atoms with E-state index in [1.54, 1.807) is 0 Å². The van der Waals surface area contributed by atoms with E-state index in [0.717, 1.165) is 19.6 Å². The van der Waals surface area contributed by atoms with Crippen LogP contribution < -0.4 is 0 Å². The Balaban J connectivity index is 1.65. The van der Waals surface area contributed by atoms with Crippen molar-refractivity contribution in [1.82, 2.24) is 9.55 Å². The number of hydrogen-bond acceptors (Lipinski definition) is 2. The van der Waals surface area contributed by atoms with E-state index in [0.29, 0.717) is 0 Å². The summed E-state index contributed by atoms with van der Waals surface area (Å²) in [6.45, 7) is 3.91. The molecule has 1 heterocycles. The monoisotopic (exact) mass is 368 g/mol. The van der Waals surface area contributed by atoms with Crippen LogP contribution in [0.1, 0.15) is 70.3 Å². The molecule has 1 aromatic carbocycles. The molecule has 2 aromatic rings. The maximum atomic E-state index is 6.16. The standard InChI is InChI=1S/C24H36N2O/c1-2-3-4-5-6-7-8-9-13-20-27-24(21-26-19-18-25-22-26)17-16-23-14-11-10-12-15-23/h10-12,14-19,22,24H,2-9,13,20-21H2,1H3/b17-16+. The summed E-state index contributed by atoms with van der Waals surface area (Å²) >= 11 is 0. The van der Waals surface area contributed by atoms with Crippen LogP contribution in [0.5, 0.6) is 0 Å². The highest BCUT2D eigenvalue weighted by molar-refractivity contribution is 5.49. The number of benzene rings is 1. The molecule has 0 spiro atoms. The second-order valence-corrected chi connectivity index (χ2v) is 7.27. The summed E-state index contributed by atoms with van der Waals surface area (Å²) in [5.41, 5.74) is 1.21. The van der Waals surface area contributed by atoms with Crippen molar-refractivity contribution in [3.05, 3.63) is 60.7 Å². The Kier molecular flexibility index (Phi) is 11.3. The fourth-order valence-electron chi connectivity index (χ4n) is 3.20. The Morgan fingerprint density at radius 2 is 1.67 bits per heavy atom. The van der Waals surface area contributed by atoms with Crippen LogP contribution >= 0.6 is 0 Å². The minimum atomic E-state index is 0.0773. The van der Waals surface area contributed by atoms with Gasteiger partial charge in [0, 0.05) is 19.0 Å². The third-order valence-corrected chi connectivity index (χ3v) is 4.83. The van der Waals surface area contributed by atoms with Gasteiger partial charge in [-0.2, -0.15) is 0 Å². The van der Waals surface area contributed by atoms with Crippen LogP contribution in [0, 0.1) is 0 Å². The molecule has 1 atom stereocenters. The summed E-state index contributed by atoms with van der Waals surface area (Å²) in [5, 5.41) is 0. The van der Waals surface area contributed by atoms with Gasteiger partial charge in [0.05, 0.1) is 19.0 Å². The van der Waals surface area contributed by atoms with E-state index >= 15 is 0 Å². The van der Waals surface area contributed by atoms with E-state index in [4.69, 9.17) is 4.74 Å². The quantitative estimate of drug-likeness (QED) is 0.335. The summed E-state index contributed by atoms with van der Waals surface area (Å²) < 4.78 is 8.24. The molecule has 0 amide bonds. The van der Waals surface area contributed by atoms with Crippen LogP contribution in [0.25, 0.3) is 6.08 Å². The minimum Gasteiger partial charge on any atom is -0.372 e. The van der Waals surface area contributed by atoms with E-state index in [1.165, 1.54) is 56.9 Å². The van der Waals surface area contributed by atoms with Crippen LogP contribution in [0.2, 0.25) is 0 Å². The van der Waals surface area contributed by atoms with Crippen LogP contribution in [-0.2, 0) is 11.3 Å². The van der Waals surface area contributed by atoms with Gasteiger partial charge in [-0.1, -0.05) is 101 Å². The third kappa shape index (κ3) is 10.1. The van der Waals surface area contributed by atoms with Crippen molar-refractivity contribution in [1.29, 1.82) is 0 Å². The lowest BCUT2D eigenvalue weighted by molar-refractivity contribution is 0.0710. The lowest BCUT2D eigenvalue weighted by Crippen LogP contribution is -2.17. The SMILES string of the molecule is CCCCCCCCCCCOC(/C=C/c1ccccc1)Cn1ccnc1. The predicted octanol–water partition coefficient (Wildman–Crippen LogP) is 6.51. The van der Waals surface area contributed by atoms with Crippen LogP contribution in [0.3, 0.4) is 0 Å². The van der Waals surface area contributed by atoms with E-state index in [2.05, 4.69) is 52.9 Å². The molecule has 0 fully saturated rings. The summed E-state index contributed by atoms with van der Waals surface area (Å²) in [4.78, 5) is 4.13. The minimum absolute atomic E-state index is 0.0773. The zero-order valence-electron chi connectivity index (χ0n) is 16.9. The molecule has 1 unspecified atom stereocenters. The van der Waals surface area contributed by atoms with Crippen molar-refractivity contribution in [2.45, 2.75) is 77.4 Å². The highest BCUT2D eigenvalue weighted by Gasteiger charge is 2.06. The van der Waals surface area contributed by atoms with E-state index in [1.807, 2.05) is 24.8 Å². The molecule has 27 heavy (non-hydrogen) atoms. The van der Waals surface area contributed by atoms with Crippen molar-refractivity contribution in [3.63, 3.8) is 0 Å². The first-order valence-electron chi connectivity index (χ1n) is 10.7. The number of ether oxygens (including phenoxy) is 1. The molecule has 0 saturated carbocycles. The summed E-state index contributed by atoms with van der Waals surface area (Å²) in [6, 6.07) is 10.4. The summed E-state index contributed by atoms with van der Waals surface area (Å²) in [5.74, 6) is 0. The summed E-state index contributed by atoms with van der Waals surface area (Å²) in [6.07, 6.45) is 22.1. The maximum Gasteiger partial charge on any atom is 0.0946 e.